The molecule has 2 amide bonds. The van der Waals surface area contributed by atoms with Crippen LogP contribution in [0.4, 0.5) is 0 Å². The van der Waals surface area contributed by atoms with Crippen LogP contribution in [0.2, 0.25) is 0 Å². The molecule has 1 aromatic heterocycles. The van der Waals surface area contributed by atoms with Crippen LogP contribution in [0.1, 0.15) is 36.9 Å². The zero-order valence-electron chi connectivity index (χ0n) is 11.2. The van der Waals surface area contributed by atoms with E-state index in [1.807, 2.05) is 20.8 Å². The van der Waals surface area contributed by atoms with Gasteiger partial charge in [0, 0.05) is 0 Å². The molecule has 0 aliphatic rings. The third-order valence-electron chi connectivity index (χ3n) is 2.54. The molecule has 0 aromatic carbocycles. The summed E-state index contributed by atoms with van der Waals surface area (Å²) in [7, 11) is 0. The van der Waals surface area contributed by atoms with Crippen LogP contribution in [-0.2, 0) is 11.3 Å². The molecule has 108 valence electrons. The van der Waals surface area contributed by atoms with Crippen molar-refractivity contribution in [3.05, 3.63) is 23.7 Å². The average molecular weight is 290 g/mol. The Morgan fingerprint density at radius 1 is 1.42 bits per heavy atom. The van der Waals surface area contributed by atoms with Gasteiger partial charge in [0.15, 0.2) is 0 Å². The Labute approximate surface area is 118 Å². The Morgan fingerprint density at radius 2 is 2.00 bits per heavy atom. The second kappa shape index (κ2) is 6.58. The van der Waals surface area contributed by atoms with Gasteiger partial charge in [-0.3, -0.25) is 9.59 Å². The smallest absolute Gasteiger partial charge is 0.255 e. The topological polar surface area (TPSA) is 111 Å². The fourth-order valence-corrected chi connectivity index (χ4v) is 1.54. The first-order chi connectivity index (χ1) is 8.25. The predicted molar refractivity (Wildman–Crippen MR) is 73.8 cm³/mol. The van der Waals surface area contributed by atoms with E-state index in [-0.39, 0.29) is 19.0 Å². The van der Waals surface area contributed by atoms with Crippen LogP contribution in [-0.4, -0.2) is 17.9 Å². The largest absolute Gasteiger partial charge is 0.467 e. The Hall–Kier alpha value is -1.53. The molecule has 1 atom stereocenters. The lowest BCUT2D eigenvalue weighted by Gasteiger charge is -2.28. The summed E-state index contributed by atoms with van der Waals surface area (Å²) in [5.41, 5.74) is 10.5. The van der Waals surface area contributed by atoms with Crippen molar-refractivity contribution in [3.63, 3.8) is 0 Å². The van der Waals surface area contributed by atoms with Gasteiger partial charge in [-0.25, -0.2) is 0 Å². The predicted octanol–water partition coefficient (Wildman–Crippen LogP) is 0.790. The van der Waals surface area contributed by atoms with Gasteiger partial charge in [-0.1, -0.05) is 20.8 Å². The first-order valence-corrected chi connectivity index (χ1v) is 5.63. The molecule has 0 aliphatic heterocycles. The molecule has 1 heterocycles. The van der Waals surface area contributed by atoms with Crippen LogP contribution in [0.25, 0.3) is 0 Å². The highest BCUT2D eigenvalue weighted by Crippen LogP contribution is 2.19. The van der Waals surface area contributed by atoms with Crippen LogP contribution < -0.4 is 16.8 Å². The number of carbonyl (C=O) groups is 2. The molecule has 1 rings (SSSR count). The highest BCUT2D eigenvalue weighted by molar-refractivity contribution is 5.97. The second-order valence-corrected chi connectivity index (χ2v) is 5.18. The lowest BCUT2D eigenvalue weighted by molar-refractivity contribution is -0.122. The van der Waals surface area contributed by atoms with Crippen LogP contribution in [0, 0.1) is 5.41 Å². The molecule has 7 heteroatoms. The highest BCUT2D eigenvalue weighted by atomic mass is 35.5. The minimum Gasteiger partial charge on any atom is -0.467 e. The van der Waals surface area contributed by atoms with E-state index in [1.165, 1.54) is 12.3 Å². The number of nitrogens with two attached hydrogens (primary N) is 2. The summed E-state index contributed by atoms with van der Waals surface area (Å²) in [6.45, 7) is 5.68. The monoisotopic (exact) mass is 289 g/mol. The third-order valence-corrected chi connectivity index (χ3v) is 2.54. The Morgan fingerprint density at radius 3 is 2.37 bits per heavy atom. The minimum atomic E-state index is -0.749. The van der Waals surface area contributed by atoms with Crippen molar-refractivity contribution in [1.82, 2.24) is 5.32 Å². The maximum absolute atomic E-state index is 11.9. The van der Waals surface area contributed by atoms with Crippen molar-refractivity contribution in [2.24, 2.45) is 16.9 Å². The molecule has 0 saturated heterocycles. The molecule has 1 unspecified atom stereocenters. The molecule has 0 fully saturated rings. The summed E-state index contributed by atoms with van der Waals surface area (Å²) in [6, 6.07) is 0.789. The average Bonchev–Trinajstić information content (AvgIpc) is 2.71. The lowest BCUT2D eigenvalue weighted by atomic mass is 9.86. The van der Waals surface area contributed by atoms with Crippen molar-refractivity contribution in [2.45, 2.75) is 33.4 Å². The molecule has 0 saturated carbocycles. The van der Waals surface area contributed by atoms with Gasteiger partial charge in [0.2, 0.25) is 5.91 Å². The minimum absolute atomic E-state index is 0. The number of primary amides is 1. The van der Waals surface area contributed by atoms with E-state index < -0.39 is 23.3 Å². The number of nitrogens with one attached hydrogen (secondary N) is 1. The fourth-order valence-electron chi connectivity index (χ4n) is 1.54. The number of furan rings is 1. The number of carbonyl (C=O) groups excluding carboxylic acids is 2. The van der Waals surface area contributed by atoms with Crippen molar-refractivity contribution in [3.8, 4) is 0 Å². The normalized spacial score (nSPS) is 12.4. The number of halogens is 1. The van der Waals surface area contributed by atoms with Crippen molar-refractivity contribution in [2.75, 3.05) is 0 Å². The Kier molecular flexibility index (Phi) is 6.05. The van der Waals surface area contributed by atoms with Gasteiger partial charge in [0.25, 0.3) is 5.91 Å². The quantitative estimate of drug-likeness (QED) is 0.761. The molecule has 1 aromatic rings. The van der Waals surface area contributed by atoms with Crippen LogP contribution in [0.15, 0.2) is 16.7 Å². The summed E-state index contributed by atoms with van der Waals surface area (Å²) in [5.74, 6) is -0.470. The van der Waals surface area contributed by atoms with Gasteiger partial charge in [-0.05, 0) is 11.5 Å². The van der Waals surface area contributed by atoms with Crippen LogP contribution >= 0.6 is 12.4 Å². The first-order valence-electron chi connectivity index (χ1n) is 5.63. The molecule has 5 N–H and O–H groups in total. The van der Waals surface area contributed by atoms with Crippen LogP contribution in [0.5, 0.6) is 0 Å². The molecule has 0 radical (unpaired) electrons. The SMILES string of the molecule is CC(C)(C)C(NC(=O)c1coc(CN)c1)C(N)=O.Cl. The van der Waals surface area contributed by atoms with Gasteiger partial charge in [-0.2, -0.15) is 0 Å². The summed E-state index contributed by atoms with van der Waals surface area (Å²) in [4.78, 5) is 23.3. The number of hydrogen-bond acceptors (Lipinski definition) is 4. The van der Waals surface area contributed by atoms with E-state index in [2.05, 4.69) is 5.32 Å². The van der Waals surface area contributed by atoms with E-state index >= 15 is 0 Å². The van der Waals surface area contributed by atoms with Gasteiger partial charge >= 0.3 is 0 Å². The summed E-state index contributed by atoms with van der Waals surface area (Å²) < 4.78 is 5.06. The molecular formula is C12H20ClN3O3. The van der Waals surface area contributed by atoms with E-state index in [0.29, 0.717) is 11.3 Å². The van der Waals surface area contributed by atoms with Gasteiger partial charge in [0.1, 0.15) is 18.1 Å². The van der Waals surface area contributed by atoms with Crippen LogP contribution in [0.3, 0.4) is 0 Å². The number of amides is 2. The molecule has 0 aliphatic carbocycles. The fraction of sp³-hybridized carbons (Fsp3) is 0.500. The van der Waals surface area contributed by atoms with Gasteiger partial charge in [0.05, 0.1) is 12.1 Å². The van der Waals surface area contributed by atoms with E-state index in [1.54, 1.807) is 0 Å². The maximum atomic E-state index is 11.9. The molecule has 0 spiro atoms. The van der Waals surface area contributed by atoms with Crippen molar-refractivity contribution in [1.29, 1.82) is 0 Å². The van der Waals surface area contributed by atoms with Gasteiger partial charge < -0.3 is 21.2 Å². The zero-order chi connectivity index (χ0) is 13.9. The maximum Gasteiger partial charge on any atom is 0.255 e. The Bertz CT molecular complexity index is 451. The lowest BCUT2D eigenvalue weighted by Crippen LogP contribution is -2.51. The zero-order valence-corrected chi connectivity index (χ0v) is 12.0. The Balaban J connectivity index is 0.00000324. The summed E-state index contributed by atoms with van der Waals surface area (Å²) in [5, 5.41) is 2.60. The molecule has 0 bridgehead atoms. The van der Waals surface area contributed by atoms with E-state index in [4.69, 9.17) is 15.9 Å². The summed E-state index contributed by atoms with van der Waals surface area (Å²) in [6.07, 6.45) is 1.30. The van der Waals surface area contributed by atoms with Crippen molar-refractivity contribution >= 4 is 24.2 Å². The molecular weight excluding hydrogens is 270 g/mol. The molecule has 6 nitrogen and oxygen atoms in total. The standard InChI is InChI=1S/C12H19N3O3.ClH/c1-12(2,3)9(10(14)16)15-11(17)7-4-8(5-13)18-6-7;/h4,6,9H,5,13H2,1-3H3,(H2,14,16)(H,15,17);1H. The van der Waals surface area contributed by atoms with Gasteiger partial charge in [-0.15, -0.1) is 12.4 Å². The number of hydrogen-bond donors (Lipinski definition) is 3. The third kappa shape index (κ3) is 4.57. The summed E-state index contributed by atoms with van der Waals surface area (Å²) >= 11 is 0. The van der Waals surface area contributed by atoms with E-state index in [9.17, 15) is 9.59 Å². The molecule has 19 heavy (non-hydrogen) atoms. The first kappa shape index (κ1) is 17.5. The number of rotatable bonds is 4. The van der Waals surface area contributed by atoms with Crippen molar-refractivity contribution < 1.29 is 14.0 Å². The second-order valence-electron chi connectivity index (χ2n) is 5.18. The van der Waals surface area contributed by atoms with E-state index in [0.717, 1.165) is 0 Å². The highest BCUT2D eigenvalue weighted by Gasteiger charge is 2.31.